The average molecular weight is 635 g/mol. The molecule has 3 atom stereocenters. The van der Waals surface area contributed by atoms with Crippen LogP contribution >= 0.6 is 0 Å². The number of nitrogens with zero attached hydrogens (tertiary/aromatic N) is 2. The van der Waals surface area contributed by atoms with Crippen molar-refractivity contribution in [2.45, 2.75) is 137 Å². The molecule has 1 aliphatic rings. The number of hydrogen-bond acceptors (Lipinski definition) is 4. The lowest BCUT2D eigenvalue weighted by Gasteiger charge is -2.39. The van der Waals surface area contributed by atoms with Crippen LogP contribution < -0.4 is 9.47 Å². The van der Waals surface area contributed by atoms with E-state index in [1.807, 2.05) is 0 Å². The molecule has 0 spiro atoms. The minimum absolute atomic E-state index is 0.842. The molecule has 0 bridgehead atoms. The van der Waals surface area contributed by atoms with Gasteiger partial charge in [0.2, 0.25) is 0 Å². The Hall–Kier alpha value is -2.04. The van der Waals surface area contributed by atoms with Crippen LogP contribution in [0.3, 0.4) is 0 Å². The van der Waals surface area contributed by atoms with Crippen LogP contribution in [0, 0.1) is 17.8 Å². The molecule has 0 N–H and O–H groups in total. The van der Waals surface area contributed by atoms with Crippen molar-refractivity contribution < 1.29 is 9.47 Å². The quantitative estimate of drug-likeness (QED) is 0.101. The van der Waals surface area contributed by atoms with Gasteiger partial charge in [-0.05, 0) is 105 Å². The normalized spacial score (nSPS) is 17.5. The molecule has 0 aromatic heterocycles. The Bertz CT molecular complexity index is 1010. The molecule has 3 unspecified atom stereocenters. The third kappa shape index (κ3) is 14.8. The number of ether oxygens (including phenoxy) is 2. The van der Waals surface area contributed by atoms with Crippen molar-refractivity contribution in [2.24, 2.45) is 17.8 Å². The Morgan fingerprint density at radius 2 is 1.13 bits per heavy atom. The first-order chi connectivity index (χ1) is 22.6. The Balaban J connectivity index is 1.44. The first kappa shape index (κ1) is 38.4. The molecule has 2 aromatic rings. The Kier molecular flexibility index (Phi) is 19.5. The van der Waals surface area contributed by atoms with Gasteiger partial charge in [-0.15, -0.1) is 0 Å². The monoisotopic (exact) mass is 635 g/mol. The predicted molar refractivity (Wildman–Crippen MR) is 198 cm³/mol. The van der Waals surface area contributed by atoms with Crippen LogP contribution in [0.25, 0.3) is 0 Å². The maximum Gasteiger partial charge on any atom is 0.118 e. The average Bonchev–Trinajstić information content (AvgIpc) is 3.08. The second-order valence-corrected chi connectivity index (χ2v) is 14.4. The van der Waals surface area contributed by atoms with Gasteiger partial charge in [-0.2, -0.15) is 0 Å². The zero-order valence-corrected chi connectivity index (χ0v) is 30.6. The van der Waals surface area contributed by atoms with Gasteiger partial charge in [-0.3, -0.25) is 9.80 Å². The second-order valence-electron chi connectivity index (χ2n) is 14.4. The maximum atomic E-state index is 5.43. The molecular formula is C42H70N2O2. The van der Waals surface area contributed by atoms with Gasteiger partial charge in [0.15, 0.2) is 0 Å². The highest BCUT2D eigenvalue weighted by Gasteiger charge is 2.30. The highest BCUT2D eigenvalue weighted by atomic mass is 16.5. The Morgan fingerprint density at radius 1 is 0.609 bits per heavy atom. The van der Waals surface area contributed by atoms with Crippen LogP contribution in [0.15, 0.2) is 48.5 Å². The lowest BCUT2D eigenvalue weighted by molar-refractivity contribution is 0.106. The Morgan fingerprint density at radius 3 is 1.72 bits per heavy atom. The zero-order chi connectivity index (χ0) is 32.8. The first-order valence-electron chi connectivity index (χ1n) is 19.3. The Labute approximate surface area is 284 Å². The first-order valence-corrected chi connectivity index (χ1v) is 19.3. The van der Waals surface area contributed by atoms with Crippen LogP contribution in [-0.4, -0.2) is 50.2 Å². The van der Waals surface area contributed by atoms with E-state index in [1.54, 1.807) is 14.2 Å². The zero-order valence-electron chi connectivity index (χ0n) is 30.6. The van der Waals surface area contributed by atoms with Crippen LogP contribution in [0.2, 0.25) is 0 Å². The lowest BCUT2D eigenvalue weighted by Crippen LogP contribution is -2.37. The smallest absolute Gasteiger partial charge is 0.118 e. The summed E-state index contributed by atoms with van der Waals surface area (Å²) in [4.78, 5) is 5.45. The standard InChI is InChI=1S/C42H70N2O2/c1-6-8-9-10-12-18-32-44(34-38-24-28-41(46-5)29-25-38)35-39-20-15-16-21-42(39)36(3)19-14-11-13-17-31-43(30-7-2)33-37-22-26-40(45-4)27-23-37/h22-29,36,39,42H,6-21,30-35H2,1-5H3. The molecule has 4 nitrogen and oxygen atoms in total. The number of rotatable bonds is 25. The number of methoxy groups -OCH3 is 2. The molecule has 0 aliphatic heterocycles. The molecule has 46 heavy (non-hydrogen) atoms. The van der Waals surface area contributed by atoms with E-state index < -0.39 is 0 Å². The van der Waals surface area contributed by atoms with Gasteiger partial charge in [0.05, 0.1) is 14.2 Å². The lowest BCUT2D eigenvalue weighted by atomic mass is 9.71. The van der Waals surface area contributed by atoms with Crippen LogP contribution in [0.4, 0.5) is 0 Å². The molecule has 4 heteroatoms. The van der Waals surface area contributed by atoms with Crippen LogP contribution in [0.5, 0.6) is 11.5 Å². The van der Waals surface area contributed by atoms with Gasteiger partial charge < -0.3 is 9.47 Å². The summed E-state index contributed by atoms with van der Waals surface area (Å²) >= 11 is 0. The molecule has 0 amide bonds. The van der Waals surface area contributed by atoms with Crippen molar-refractivity contribution in [1.82, 2.24) is 9.80 Å². The van der Waals surface area contributed by atoms with E-state index >= 15 is 0 Å². The predicted octanol–water partition coefficient (Wildman–Crippen LogP) is 11.2. The summed E-state index contributed by atoms with van der Waals surface area (Å²) in [6.07, 6.45) is 22.0. The fraction of sp³-hybridized carbons (Fsp3) is 0.714. The van der Waals surface area contributed by atoms with Gasteiger partial charge in [-0.25, -0.2) is 0 Å². The van der Waals surface area contributed by atoms with Crippen molar-refractivity contribution in [3.8, 4) is 11.5 Å². The fourth-order valence-electron chi connectivity index (χ4n) is 7.83. The summed E-state index contributed by atoms with van der Waals surface area (Å²) < 4.78 is 10.8. The van der Waals surface area contributed by atoms with Crippen molar-refractivity contribution in [2.75, 3.05) is 40.4 Å². The number of hydrogen-bond donors (Lipinski definition) is 0. The molecule has 260 valence electrons. The third-order valence-electron chi connectivity index (χ3n) is 10.6. The van der Waals surface area contributed by atoms with E-state index in [-0.39, 0.29) is 0 Å². The van der Waals surface area contributed by atoms with E-state index in [9.17, 15) is 0 Å². The summed E-state index contributed by atoms with van der Waals surface area (Å²) in [6.45, 7) is 14.2. The summed E-state index contributed by atoms with van der Waals surface area (Å²) in [6, 6.07) is 17.4. The molecule has 0 saturated heterocycles. The van der Waals surface area contributed by atoms with Crippen molar-refractivity contribution >= 4 is 0 Å². The van der Waals surface area contributed by atoms with Gasteiger partial charge in [0.25, 0.3) is 0 Å². The van der Waals surface area contributed by atoms with Crippen molar-refractivity contribution in [3.63, 3.8) is 0 Å². The minimum Gasteiger partial charge on any atom is -0.497 e. The molecule has 1 fully saturated rings. The highest BCUT2D eigenvalue weighted by molar-refractivity contribution is 5.27. The van der Waals surface area contributed by atoms with Crippen LogP contribution in [-0.2, 0) is 13.1 Å². The fourth-order valence-corrected chi connectivity index (χ4v) is 7.83. The molecule has 1 saturated carbocycles. The number of unbranched alkanes of at least 4 members (excludes halogenated alkanes) is 8. The van der Waals surface area contributed by atoms with E-state index in [4.69, 9.17) is 9.47 Å². The molecular weight excluding hydrogens is 564 g/mol. The second kappa shape index (κ2) is 23.3. The van der Waals surface area contributed by atoms with E-state index in [0.717, 1.165) is 42.3 Å². The summed E-state index contributed by atoms with van der Waals surface area (Å²) in [5.41, 5.74) is 2.81. The maximum absolute atomic E-state index is 5.43. The van der Waals surface area contributed by atoms with Gasteiger partial charge in [0, 0.05) is 19.6 Å². The van der Waals surface area contributed by atoms with Crippen molar-refractivity contribution in [1.29, 1.82) is 0 Å². The molecule has 2 aromatic carbocycles. The third-order valence-corrected chi connectivity index (χ3v) is 10.6. The summed E-state index contributed by atoms with van der Waals surface area (Å²) in [5, 5.41) is 0. The van der Waals surface area contributed by atoms with E-state index in [0.29, 0.717) is 0 Å². The topological polar surface area (TPSA) is 24.9 Å². The minimum atomic E-state index is 0.842. The molecule has 0 heterocycles. The molecule has 1 aliphatic carbocycles. The highest BCUT2D eigenvalue weighted by Crippen LogP contribution is 2.38. The SMILES string of the molecule is CCCCCCCCN(Cc1ccc(OC)cc1)CC1CCCCC1C(C)CCCCCCN(CCC)Cc1ccc(OC)cc1. The van der Waals surface area contributed by atoms with Crippen molar-refractivity contribution in [3.05, 3.63) is 59.7 Å². The summed E-state index contributed by atoms with van der Waals surface area (Å²) in [5.74, 6) is 4.48. The van der Waals surface area contributed by atoms with E-state index in [1.165, 1.54) is 140 Å². The van der Waals surface area contributed by atoms with Crippen LogP contribution in [0.1, 0.15) is 135 Å². The van der Waals surface area contributed by atoms with E-state index in [2.05, 4.69) is 79.1 Å². The van der Waals surface area contributed by atoms with Gasteiger partial charge in [-0.1, -0.05) is 116 Å². The molecule has 3 rings (SSSR count). The molecule has 0 radical (unpaired) electrons. The van der Waals surface area contributed by atoms with Gasteiger partial charge in [0.1, 0.15) is 11.5 Å². The van der Waals surface area contributed by atoms with Gasteiger partial charge >= 0.3 is 0 Å². The number of benzene rings is 2. The largest absolute Gasteiger partial charge is 0.497 e. The summed E-state index contributed by atoms with van der Waals surface area (Å²) in [7, 11) is 3.50.